The van der Waals surface area contributed by atoms with E-state index in [9.17, 15) is 5.11 Å². The maximum Gasteiger partial charge on any atom is 0.206 e. The van der Waals surface area contributed by atoms with Gasteiger partial charge in [0, 0.05) is 34.9 Å². The molecule has 5 rings (SSSR count). The molecular weight excluding hydrogens is 320 g/mol. The summed E-state index contributed by atoms with van der Waals surface area (Å²) in [6.07, 6.45) is 8.26. The van der Waals surface area contributed by atoms with E-state index in [-0.39, 0.29) is 5.88 Å². The monoisotopic (exact) mass is 332 g/mol. The third-order valence-electron chi connectivity index (χ3n) is 4.15. The first-order valence-electron chi connectivity index (χ1n) is 7.51. The van der Waals surface area contributed by atoms with E-state index in [1.165, 1.54) is 6.33 Å². The van der Waals surface area contributed by atoms with Crippen molar-refractivity contribution in [1.29, 1.82) is 0 Å². The molecule has 0 unspecified atom stereocenters. The molecule has 0 spiro atoms. The van der Waals surface area contributed by atoms with Crippen molar-refractivity contribution in [1.82, 2.24) is 34.1 Å². The lowest BCUT2D eigenvalue weighted by atomic mass is 10.1. The van der Waals surface area contributed by atoms with Crippen molar-refractivity contribution < 1.29 is 5.11 Å². The zero-order chi connectivity index (χ0) is 17.0. The van der Waals surface area contributed by atoms with Gasteiger partial charge in [-0.05, 0) is 12.1 Å². The molecule has 4 N–H and O–H groups in total. The quantitative estimate of drug-likeness (QED) is 0.452. The minimum Gasteiger partial charge on any atom is -0.494 e. The fourth-order valence-electron chi connectivity index (χ4n) is 2.95. The van der Waals surface area contributed by atoms with E-state index in [1.54, 1.807) is 33.9 Å². The van der Waals surface area contributed by atoms with Crippen molar-refractivity contribution in [2.24, 2.45) is 0 Å². The SMILES string of the molecule is Nc1nccn1-c1ncc(-c2ccc3c(O)[nH]cc3c2)n2ncnc12. The van der Waals surface area contributed by atoms with Crippen LogP contribution in [0.25, 0.3) is 33.5 Å². The van der Waals surface area contributed by atoms with Gasteiger partial charge in [-0.3, -0.25) is 4.57 Å². The number of hydrogen-bond donors (Lipinski definition) is 3. The summed E-state index contributed by atoms with van der Waals surface area (Å²) < 4.78 is 3.36. The average Bonchev–Trinajstić information content (AvgIpc) is 3.34. The Labute approximate surface area is 140 Å². The van der Waals surface area contributed by atoms with Crippen LogP contribution in [0.1, 0.15) is 0 Å². The lowest BCUT2D eigenvalue weighted by Crippen LogP contribution is -2.06. The van der Waals surface area contributed by atoms with Gasteiger partial charge in [0.2, 0.25) is 5.95 Å². The Kier molecular flexibility index (Phi) is 2.60. The number of nitrogens with one attached hydrogen (secondary N) is 1. The number of aromatic hydroxyl groups is 1. The first kappa shape index (κ1) is 13.5. The van der Waals surface area contributed by atoms with Gasteiger partial charge in [-0.25, -0.2) is 19.5 Å². The van der Waals surface area contributed by atoms with E-state index in [0.717, 1.165) is 22.0 Å². The number of anilines is 1. The van der Waals surface area contributed by atoms with E-state index in [0.29, 0.717) is 17.4 Å². The van der Waals surface area contributed by atoms with Crippen LogP contribution in [0.4, 0.5) is 5.95 Å². The number of benzene rings is 1. The van der Waals surface area contributed by atoms with Crippen molar-refractivity contribution in [3.8, 4) is 23.0 Å². The van der Waals surface area contributed by atoms with Gasteiger partial charge >= 0.3 is 0 Å². The van der Waals surface area contributed by atoms with Gasteiger partial charge in [0.05, 0.1) is 11.9 Å². The number of nitrogens with zero attached hydrogens (tertiary/aromatic N) is 6. The summed E-state index contributed by atoms with van der Waals surface area (Å²) in [4.78, 5) is 15.6. The van der Waals surface area contributed by atoms with Gasteiger partial charge in [0.1, 0.15) is 6.33 Å². The highest BCUT2D eigenvalue weighted by atomic mass is 16.3. The molecule has 0 aliphatic rings. The molecule has 0 radical (unpaired) electrons. The van der Waals surface area contributed by atoms with Gasteiger partial charge in [0.15, 0.2) is 17.3 Å². The molecule has 25 heavy (non-hydrogen) atoms. The predicted octanol–water partition coefficient (Wildman–Crippen LogP) is 1.75. The summed E-state index contributed by atoms with van der Waals surface area (Å²) in [5, 5.41) is 15.7. The molecule has 0 bridgehead atoms. The Hall–Kier alpha value is -3.88. The van der Waals surface area contributed by atoms with E-state index in [1.807, 2.05) is 18.2 Å². The standard InChI is InChI=1S/C16H12N8O/c17-16-18-3-4-23(16)13-14-21-8-22-24(14)12(7-19-13)9-1-2-11-10(5-9)6-20-15(11)25/h1-8,20,25H,(H2,17,18). The second-order valence-corrected chi connectivity index (χ2v) is 5.56. The minimum absolute atomic E-state index is 0.150. The van der Waals surface area contributed by atoms with Crippen molar-refractivity contribution >= 4 is 22.4 Å². The molecular formula is C16H12N8O. The number of nitrogen functional groups attached to an aromatic ring is 1. The van der Waals surface area contributed by atoms with E-state index < -0.39 is 0 Å². The van der Waals surface area contributed by atoms with Crippen LogP contribution in [0, 0.1) is 0 Å². The molecule has 0 atom stereocenters. The number of H-pyrrole nitrogens is 1. The fraction of sp³-hybridized carbons (Fsp3) is 0. The molecule has 9 heteroatoms. The van der Waals surface area contributed by atoms with Crippen LogP contribution >= 0.6 is 0 Å². The molecule has 122 valence electrons. The van der Waals surface area contributed by atoms with Gasteiger partial charge in [-0.2, -0.15) is 5.10 Å². The van der Waals surface area contributed by atoms with Crippen LogP contribution in [0.5, 0.6) is 5.88 Å². The summed E-state index contributed by atoms with van der Waals surface area (Å²) in [5.41, 5.74) is 8.12. The zero-order valence-electron chi connectivity index (χ0n) is 12.8. The Bertz CT molecular complexity index is 1230. The van der Waals surface area contributed by atoms with E-state index in [2.05, 4.69) is 25.0 Å². The van der Waals surface area contributed by atoms with Crippen molar-refractivity contribution in [2.75, 3.05) is 5.73 Å². The molecule has 0 saturated carbocycles. The smallest absolute Gasteiger partial charge is 0.206 e. The predicted molar refractivity (Wildman–Crippen MR) is 91.3 cm³/mol. The number of hydrogen-bond acceptors (Lipinski definition) is 6. The summed E-state index contributed by atoms with van der Waals surface area (Å²) in [7, 11) is 0. The first-order valence-corrected chi connectivity index (χ1v) is 7.51. The summed E-state index contributed by atoms with van der Waals surface area (Å²) in [6.45, 7) is 0. The van der Waals surface area contributed by atoms with E-state index in [4.69, 9.17) is 5.73 Å². The first-order chi connectivity index (χ1) is 12.2. The summed E-state index contributed by atoms with van der Waals surface area (Å²) in [5.74, 6) is 1.03. The Morgan fingerprint density at radius 2 is 2.08 bits per heavy atom. The topological polar surface area (TPSA) is 123 Å². The second kappa shape index (κ2) is 4.81. The van der Waals surface area contributed by atoms with Crippen LogP contribution < -0.4 is 5.73 Å². The number of aromatic nitrogens is 7. The third-order valence-corrected chi connectivity index (χ3v) is 4.15. The number of rotatable bonds is 2. The van der Waals surface area contributed by atoms with Crippen LogP contribution in [0.2, 0.25) is 0 Å². The molecule has 0 aliphatic heterocycles. The van der Waals surface area contributed by atoms with Gasteiger partial charge in [0.25, 0.3) is 0 Å². The lowest BCUT2D eigenvalue weighted by molar-refractivity contribution is 0.462. The van der Waals surface area contributed by atoms with Crippen LogP contribution in [0.15, 0.2) is 49.3 Å². The Morgan fingerprint density at radius 1 is 1.16 bits per heavy atom. The maximum absolute atomic E-state index is 9.76. The Balaban J connectivity index is 1.74. The fourth-order valence-corrected chi connectivity index (χ4v) is 2.95. The van der Waals surface area contributed by atoms with Crippen LogP contribution in [0.3, 0.4) is 0 Å². The highest BCUT2D eigenvalue weighted by Gasteiger charge is 2.15. The summed E-state index contributed by atoms with van der Waals surface area (Å²) >= 11 is 0. The Morgan fingerprint density at radius 3 is 2.92 bits per heavy atom. The largest absolute Gasteiger partial charge is 0.494 e. The lowest BCUT2D eigenvalue weighted by Gasteiger charge is -2.09. The number of aromatic amines is 1. The maximum atomic E-state index is 9.76. The number of nitrogens with two attached hydrogens (primary N) is 1. The van der Waals surface area contributed by atoms with Gasteiger partial charge < -0.3 is 15.8 Å². The van der Waals surface area contributed by atoms with Crippen molar-refractivity contribution in [3.63, 3.8) is 0 Å². The molecule has 0 fully saturated rings. The highest BCUT2D eigenvalue weighted by molar-refractivity contribution is 5.91. The zero-order valence-corrected chi connectivity index (χ0v) is 12.8. The van der Waals surface area contributed by atoms with Gasteiger partial charge in [-0.15, -0.1) is 0 Å². The van der Waals surface area contributed by atoms with Gasteiger partial charge in [-0.1, -0.05) is 6.07 Å². The summed E-state index contributed by atoms with van der Waals surface area (Å²) in [6, 6.07) is 5.70. The van der Waals surface area contributed by atoms with Crippen molar-refractivity contribution in [3.05, 3.63) is 49.3 Å². The molecule has 4 aromatic heterocycles. The molecule has 5 aromatic rings. The highest BCUT2D eigenvalue weighted by Crippen LogP contribution is 2.29. The second-order valence-electron chi connectivity index (χ2n) is 5.56. The molecule has 0 amide bonds. The molecule has 0 aliphatic carbocycles. The normalized spacial score (nSPS) is 11.5. The molecule has 1 aromatic carbocycles. The van der Waals surface area contributed by atoms with Crippen LogP contribution in [-0.4, -0.2) is 39.2 Å². The minimum atomic E-state index is 0.150. The molecule has 0 saturated heterocycles. The third kappa shape index (κ3) is 1.89. The average molecular weight is 332 g/mol. The van der Waals surface area contributed by atoms with Crippen LogP contribution in [-0.2, 0) is 0 Å². The number of imidazole rings is 1. The molecule has 9 nitrogen and oxygen atoms in total. The molecule has 4 heterocycles. The van der Waals surface area contributed by atoms with E-state index >= 15 is 0 Å². The number of fused-ring (bicyclic) bond motifs is 2. The van der Waals surface area contributed by atoms with Crippen molar-refractivity contribution in [2.45, 2.75) is 0 Å².